The molecule has 1 aliphatic heterocycles. The topological polar surface area (TPSA) is 58.6 Å². The third-order valence-corrected chi connectivity index (χ3v) is 4.81. The van der Waals surface area contributed by atoms with Crippen molar-refractivity contribution in [2.24, 2.45) is 0 Å². The molecule has 3 rings (SSSR count). The van der Waals surface area contributed by atoms with Gasteiger partial charge in [0.25, 0.3) is 0 Å². The quantitative estimate of drug-likeness (QED) is 0.878. The predicted molar refractivity (Wildman–Crippen MR) is 107 cm³/mol. The molecule has 1 fully saturated rings. The van der Waals surface area contributed by atoms with Crippen LogP contribution in [0.5, 0.6) is 0 Å². The van der Waals surface area contributed by atoms with E-state index in [9.17, 15) is 9.59 Å². The Kier molecular flexibility index (Phi) is 6.24. The summed E-state index contributed by atoms with van der Waals surface area (Å²) in [5, 5.41) is 2.92. The van der Waals surface area contributed by atoms with Crippen molar-refractivity contribution in [1.29, 1.82) is 0 Å². The molecule has 2 amide bonds. The van der Waals surface area contributed by atoms with Crippen LogP contribution < -0.4 is 10.2 Å². The van der Waals surface area contributed by atoms with E-state index in [2.05, 4.69) is 5.32 Å². The summed E-state index contributed by atoms with van der Waals surface area (Å²) in [7, 11) is 0. The van der Waals surface area contributed by atoms with Crippen molar-refractivity contribution in [1.82, 2.24) is 0 Å². The van der Waals surface area contributed by atoms with Gasteiger partial charge in [-0.15, -0.1) is 0 Å². The van der Waals surface area contributed by atoms with Crippen LogP contribution >= 0.6 is 0 Å². The first-order valence-corrected chi connectivity index (χ1v) is 9.36. The first-order chi connectivity index (χ1) is 13.0. The highest BCUT2D eigenvalue weighted by Gasteiger charge is 2.24. The van der Waals surface area contributed by atoms with Gasteiger partial charge in [-0.1, -0.05) is 29.8 Å². The van der Waals surface area contributed by atoms with Gasteiger partial charge in [-0.05, 0) is 49.6 Å². The molecule has 1 saturated heterocycles. The lowest BCUT2D eigenvalue weighted by atomic mass is 10.1. The molecule has 0 radical (unpaired) electrons. The van der Waals surface area contributed by atoms with Gasteiger partial charge < -0.3 is 15.0 Å². The minimum Gasteiger partial charge on any atom is -0.381 e. The second kappa shape index (κ2) is 8.82. The van der Waals surface area contributed by atoms with Crippen molar-refractivity contribution >= 4 is 23.2 Å². The first kappa shape index (κ1) is 19.1. The largest absolute Gasteiger partial charge is 0.381 e. The Balaban J connectivity index is 1.64. The van der Waals surface area contributed by atoms with Gasteiger partial charge in [0.1, 0.15) is 0 Å². The van der Waals surface area contributed by atoms with Crippen molar-refractivity contribution in [2.75, 3.05) is 23.4 Å². The summed E-state index contributed by atoms with van der Waals surface area (Å²) in [6, 6.07) is 15.6. The second-order valence-corrected chi connectivity index (χ2v) is 6.99. The summed E-state index contributed by atoms with van der Waals surface area (Å²) < 4.78 is 5.40. The number of hydrogen-bond donors (Lipinski definition) is 1. The molecule has 27 heavy (non-hydrogen) atoms. The highest BCUT2D eigenvalue weighted by molar-refractivity contribution is 5.94. The Bertz CT molecular complexity index is 778. The Morgan fingerprint density at radius 3 is 2.26 bits per heavy atom. The van der Waals surface area contributed by atoms with E-state index in [1.807, 2.05) is 60.4 Å². The van der Waals surface area contributed by atoms with Gasteiger partial charge >= 0.3 is 0 Å². The molecular weight excluding hydrogens is 340 g/mol. The number of nitrogens with zero attached hydrogens (tertiary/aromatic N) is 1. The fourth-order valence-corrected chi connectivity index (χ4v) is 3.39. The van der Waals surface area contributed by atoms with Gasteiger partial charge in [-0.25, -0.2) is 0 Å². The van der Waals surface area contributed by atoms with Crippen LogP contribution in [0.1, 0.15) is 30.9 Å². The number of ether oxygens (including phenoxy) is 1. The van der Waals surface area contributed by atoms with Crippen LogP contribution in [0.15, 0.2) is 48.5 Å². The molecule has 0 spiro atoms. The SMILES string of the molecule is CC(=O)N(c1ccc(NC(=O)Cc2ccc(C)cc2)cc1)C1CCOCC1. The lowest BCUT2D eigenvalue weighted by Gasteiger charge is -2.33. The maximum atomic E-state index is 12.3. The van der Waals surface area contributed by atoms with Crippen LogP contribution in [-0.2, 0) is 20.7 Å². The zero-order valence-corrected chi connectivity index (χ0v) is 15.9. The zero-order chi connectivity index (χ0) is 19.2. The maximum Gasteiger partial charge on any atom is 0.228 e. The molecule has 0 unspecified atom stereocenters. The number of benzene rings is 2. The molecule has 1 N–H and O–H groups in total. The number of rotatable bonds is 5. The van der Waals surface area contributed by atoms with E-state index >= 15 is 0 Å². The van der Waals surface area contributed by atoms with Gasteiger partial charge in [0.15, 0.2) is 0 Å². The Labute approximate surface area is 160 Å². The molecule has 142 valence electrons. The third kappa shape index (κ3) is 5.17. The number of carbonyl (C=O) groups excluding carboxylic acids is 2. The van der Waals surface area contributed by atoms with Gasteiger partial charge in [-0.2, -0.15) is 0 Å². The van der Waals surface area contributed by atoms with Gasteiger partial charge in [-0.3, -0.25) is 9.59 Å². The van der Waals surface area contributed by atoms with Crippen molar-refractivity contribution in [3.63, 3.8) is 0 Å². The van der Waals surface area contributed by atoms with Crippen molar-refractivity contribution in [3.8, 4) is 0 Å². The second-order valence-electron chi connectivity index (χ2n) is 6.99. The van der Waals surface area contributed by atoms with E-state index in [1.54, 1.807) is 6.92 Å². The van der Waals surface area contributed by atoms with Crippen LogP contribution in [0.25, 0.3) is 0 Å². The molecule has 1 heterocycles. The Hall–Kier alpha value is -2.66. The monoisotopic (exact) mass is 366 g/mol. The average molecular weight is 366 g/mol. The summed E-state index contributed by atoms with van der Waals surface area (Å²) in [4.78, 5) is 26.2. The van der Waals surface area contributed by atoms with Crippen molar-refractivity contribution in [3.05, 3.63) is 59.7 Å². The minimum absolute atomic E-state index is 0.0260. The Morgan fingerprint density at radius 1 is 1.04 bits per heavy atom. The van der Waals surface area contributed by atoms with Crippen LogP contribution in [0, 0.1) is 6.92 Å². The fourth-order valence-electron chi connectivity index (χ4n) is 3.39. The van der Waals surface area contributed by atoms with Gasteiger partial charge in [0.05, 0.1) is 6.42 Å². The zero-order valence-electron chi connectivity index (χ0n) is 15.9. The standard InChI is InChI=1S/C22H26N2O3/c1-16-3-5-18(6-4-16)15-22(26)23-19-7-9-20(10-8-19)24(17(2)25)21-11-13-27-14-12-21/h3-10,21H,11-15H2,1-2H3,(H,23,26). The molecular formula is C22H26N2O3. The number of amides is 2. The third-order valence-electron chi connectivity index (χ3n) is 4.81. The molecule has 1 aliphatic rings. The molecule has 2 aromatic rings. The fraction of sp³-hybridized carbons (Fsp3) is 0.364. The summed E-state index contributed by atoms with van der Waals surface area (Å²) >= 11 is 0. The van der Waals surface area contributed by atoms with Crippen LogP contribution in [0.4, 0.5) is 11.4 Å². The number of aryl methyl sites for hydroxylation is 1. The smallest absolute Gasteiger partial charge is 0.228 e. The molecule has 0 bridgehead atoms. The van der Waals surface area contributed by atoms with Crippen LogP contribution in [-0.4, -0.2) is 31.1 Å². The van der Waals surface area contributed by atoms with Crippen molar-refractivity contribution < 1.29 is 14.3 Å². The molecule has 0 atom stereocenters. The van der Waals surface area contributed by atoms with Crippen LogP contribution in [0.2, 0.25) is 0 Å². The molecule has 0 saturated carbocycles. The molecule has 5 nitrogen and oxygen atoms in total. The molecule has 5 heteroatoms. The lowest BCUT2D eigenvalue weighted by molar-refractivity contribution is -0.117. The molecule has 2 aromatic carbocycles. The minimum atomic E-state index is -0.0561. The van der Waals surface area contributed by atoms with E-state index < -0.39 is 0 Å². The number of hydrogen-bond acceptors (Lipinski definition) is 3. The van der Waals surface area contributed by atoms with E-state index in [0.29, 0.717) is 19.6 Å². The van der Waals surface area contributed by atoms with E-state index in [0.717, 1.165) is 29.8 Å². The number of carbonyl (C=O) groups is 2. The average Bonchev–Trinajstić information content (AvgIpc) is 2.66. The molecule has 0 aliphatic carbocycles. The van der Waals surface area contributed by atoms with E-state index in [1.165, 1.54) is 5.56 Å². The number of nitrogens with one attached hydrogen (secondary N) is 1. The first-order valence-electron chi connectivity index (χ1n) is 9.36. The van der Waals surface area contributed by atoms with Crippen LogP contribution in [0.3, 0.4) is 0 Å². The van der Waals surface area contributed by atoms with Crippen molar-refractivity contribution in [2.45, 2.75) is 39.2 Å². The van der Waals surface area contributed by atoms with E-state index in [4.69, 9.17) is 4.74 Å². The lowest BCUT2D eigenvalue weighted by Crippen LogP contribution is -2.42. The van der Waals surface area contributed by atoms with E-state index in [-0.39, 0.29) is 17.9 Å². The summed E-state index contributed by atoms with van der Waals surface area (Å²) in [6.07, 6.45) is 2.02. The summed E-state index contributed by atoms with van der Waals surface area (Å²) in [6.45, 7) is 4.98. The van der Waals surface area contributed by atoms with Gasteiger partial charge in [0, 0.05) is 37.6 Å². The van der Waals surface area contributed by atoms with Gasteiger partial charge in [0.2, 0.25) is 11.8 Å². The molecule has 0 aromatic heterocycles. The highest BCUT2D eigenvalue weighted by Crippen LogP contribution is 2.25. The Morgan fingerprint density at radius 2 is 1.67 bits per heavy atom. The highest BCUT2D eigenvalue weighted by atomic mass is 16.5. The normalized spacial score (nSPS) is 14.6. The maximum absolute atomic E-state index is 12.3. The summed E-state index contributed by atoms with van der Waals surface area (Å²) in [5.41, 5.74) is 3.74. The summed E-state index contributed by atoms with van der Waals surface area (Å²) in [5.74, 6) is -0.0301. The number of anilines is 2. The predicted octanol–water partition coefficient (Wildman–Crippen LogP) is 3.71.